The molecule has 9 rings (SSSR count). The second-order valence-electron chi connectivity index (χ2n) is 12.2. The molecule has 2 nitrogen and oxygen atoms in total. The zero-order valence-corrected chi connectivity index (χ0v) is 26.3. The molecule has 48 heavy (non-hydrogen) atoms. The molecule has 9 aromatic rings. The predicted octanol–water partition coefficient (Wildman–Crippen LogP) is 13.2. The highest BCUT2D eigenvalue weighted by Gasteiger charge is 2.18. The highest BCUT2D eigenvalue weighted by Crippen LogP contribution is 2.43. The van der Waals surface area contributed by atoms with Crippen molar-refractivity contribution in [3.63, 3.8) is 0 Å². The topological polar surface area (TPSA) is 16.4 Å². The van der Waals surface area contributed by atoms with E-state index in [-0.39, 0.29) is 0 Å². The van der Waals surface area contributed by atoms with Crippen molar-refractivity contribution in [1.29, 1.82) is 0 Å². The van der Waals surface area contributed by atoms with Gasteiger partial charge < -0.3 is 9.32 Å². The van der Waals surface area contributed by atoms with Gasteiger partial charge in [0, 0.05) is 27.7 Å². The minimum absolute atomic E-state index is 0.901. The number of nitrogens with zero attached hydrogens (tertiary/aromatic N) is 1. The third-order valence-electron chi connectivity index (χ3n) is 9.26. The Kier molecular flexibility index (Phi) is 6.84. The molecule has 1 aromatic heterocycles. The number of fused-ring (bicyclic) bond motifs is 4. The summed E-state index contributed by atoms with van der Waals surface area (Å²) in [5.74, 6) is 0. The highest BCUT2D eigenvalue weighted by atomic mass is 16.3. The molecule has 0 radical (unpaired) electrons. The van der Waals surface area contributed by atoms with Crippen LogP contribution in [-0.4, -0.2) is 0 Å². The molecule has 0 atom stereocenters. The van der Waals surface area contributed by atoms with E-state index >= 15 is 0 Å². The summed E-state index contributed by atoms with van der Waals surface area (Å²) in [5.41, 5.74) is 12.2. The first-order valence-electron chi connectivity index (χ1n) is 16.3. The molecule has 0 aliphatic heterocycles. The van der Waals surface area contributed by atoms with Crippen molar-refractivity contribution in [2.45, 2.75) is 0 Å². The average Bonchev–Trinajstić information content (AvgIpc) is 3.52. The van der Waals surface area contributed by atoms with Gasteiger partial charge in [0.25, 0.3) is 0 Å². The molecule has 8 aromatic carbocycles. The standard InChI is InChI=1S/C46H31NO/c1-3-11-32(12-4-1)34-19-21-36(22-20-34)41-15-7-9-17-44(41)47(39-26-23-35(24-27-39)33-13-5-2-6-14-33)40-28-25-37-30-43-42-16-8-10-18-45(42)48-46(43)31-38(37)29-40/h1-31H. The van der Waals surface area contributed by atoms with Gasteiger partial charge in [-0.3, -0.25) is 0 Å². The van der Waals surface area contributed by atoms with Gasteiger partial charge >= 0.3 is 0 Å². The van der Waals surface area contributed by atoms with Crippen molar-refractivity contribution in [2.24, 2.45) is 0 Å². The van der Waals surface area contributed by atoms with Gasteiger partial charge in [-0.2, -0.15) is 0 Å². The molecule has 226 valence electrons. The number of furan rings is 1. The van der Waals surface area contributed by atoms with Crippen LogP contribution in [-0.2, 0) is 0 Å². The molecule has 0 unspecified atom stereocenters. The van der Waals surface area contributed by atoms with Gasteiger partial charge in [0.2, 0.25) is 0 Å². The Hall–Kier alpha value is -6.38. The minimum atomic E-state index is 0.901. The summed E-state index contributed by atoms with van der Waals surface area (Å²) in [4.78, 5) is 2.37. The second kappa shape index (κ2) is 11.8. The molecule has 0 saturated heterocycles. The summed E-state index contributed by atoms with van der Waals surface area (Å²) < 4.78 is 6.29. The molecule has 0 saturated carbocycles. The summed E-state index contributed by atoms with van der Waals surface area (Å²) in [6.45, 7) is 0. The van der Waals surface area contributed by atoms with Gasteiger partial charge in [-0.25, -0.2) is 0 Å². The molecule has 0 amide bonds. The van der Waals surface area contributed by atoms with Gasteiger partial charge in [0.1, 0.15) is 11.2 Å². The van der Waals surface area contributed by atoms with E-state index in [1.54, 1.807) is 0 Å². The SMILES string of the molecule is c1ccc(-c2ccc(-c3ccccc3N(c3ccc(-c4ccccc4)cc3)c3ccc4cc5c(cc4c3)oc3ccccc35)cc2)cc1. The van der Waals surface area contributed by atoms with E-state index < -0.39 is 0 Å². The van der Waals surface area contributed by atoms with Crippen LogP contribution in [0.1, 0.15) is 0 Å². The fourth-order valence-corrected chi connectivity index (χ4v) is 6.84. The van der Waals surface area contributed by atoms with Crippen LogP contribution in [0.2, 0.25) is 0 Å². The summed E-state index contributed by atoms with van der Waals surface area (Å²) in [6.07, 6.45) is 0. The molecule has 0 bridgehead atoms. The monoisotopic (exact) mass is 613 g/mol. The van der Waals surface area contributed by atoms with Crippen molar-refractivity contribution in [1.82, 2.24) is 0 Å². The normalized spacial score (nSPS) is 11.3. The lowest BCUT2D eigenvalue weighted by Gasteiger charge is -2.28. The summed E-state index contributed by atoms with van der Waals surface area (Å²) in [6, 6.07) is 67.0. The quantitative estimate of drug-likeness (QED) is 0.185. The number of hydrogen-bond donors (Lipinski definition) is 0. The van der Waals surface area contributed by atoms with Gasteiger partial charge in [0.15, 0.2) is 0 Å². The Balaban J connectivity index is 1.19. The maximum Gasteiger partial charge on any atom is 0.136 e. The van der Waals surface area contributed by atoms with E-state index in [0.717, 1.165) is 50.0 Å². The highest BCUT2D eigenvalue weighted by molar-refractivity contribution is 6.10. The second-order valence-corrected chi connectivity index (χ2v) is 12.2. The minimum Gasteiger partial charge on any atom is -0.456 e. The Morgan fingerprint density at radius 2 is 0.896 bits per heavy atom. The lowest BCUT2D eigenvalue weighted by Crippen LogP contribution is -2.11. The van der Waals surface area contributed by atoms with Gasteiger partial charge in [-0.05, 0) is 87.1 Å². The molecule has 0 fully saturated rings. The fourth-order valence-electron chi connectivity index (χ4n) is 6.84. The molecule has 1 heterocycles. The van der Waals surface area contributed by atoms with E-state index in [9.17, 15) is 0 Å². The zero-order valence-electron chi connectivity index (χ0n) is 26.3. The summed E-state index contributed by atoms with van der Waals surface area (Å²) >= 11 is 0. The molecule has 0 N–H and O–H groups in total. The number of anilines is 3. The Morgan fingerprint density at radius 1 is 0.333 bits per heavy atom. The third-order valence-corrected chi connectivity index (χ3v) is 9.26. The van der Waals surface area contributed by atoms with E-state index in [0.29, 0.717) is 0 Å². The number of benzene rings is 8. The van der Waals surface area contributed by atoms with Crippen molar-refractivity contribution >= 4 is 49.8 Å². The first-order chi connectivity index (χ1) is 23.8. The molecule has 2 heteroatoms. The maximum atomic E-state index is 6.29. The van der Waals surface area contributed by atoms with Crippen molar-refractivity contribution < 1.29 is 4.42 Å². The Labute approximate surface area is 279 Å². The molecule has 0 aliphatic rings. The largest absolute Gasteiger partial charge is 0.456 e. The van der Waals surface area contributed by atoms with E-state index in [1.165, 1.54) is 33.2 Å². The lowest BCUT2D eigenvalue weighted by atomic mass is 9.98. The van der Waals surface area contributed by atoms with Crippen LogP contribution < -0.4 is 4.90 Å². The van der Waals surface area contributed by atoms with Gasteiger partial charge in [-0.1, -0.05) is 140 Å². The van der Waals surface area contributed by atoms with Crippen LogP contribution in [0, 0.1) is 0 Å². The lowest BCUT2D eigenvalue weighted by molar-refractivity contribution is 0.669. The van der Waals surface area contributed by atoms with Crippen LogP contribution in [0.4, 0.5) is 17.1 Å². The van der Waals surface area contributed by atoms with Crippen LogP contribution in [0.25, 0.3) is 66.1 Å². The van der Waals surface area contributed by atoms with Crippen LogP contribution in [0.3, 0.4) is 0 Å². The van der Waals surface area contributed by atoms with Crippen molar-refractivity contribution in [2.75, 3.05) is 4.90 Å². The Morgan fingerprint density at radius 3 is 1.62 bits per heavy atom. The van der Waals surface area contributed by atoms with Crippen molar-refractivity contribution in [3.05, 3.63) is 188 Å². The van der Waals surface area contributed by atoms with Crippen LogP contribution in [0.5, 0.6) is 0 Å². The number of rotatable bonds is 6. The molecular weight excluding hydrogens is 583 g/mol. The first-order valence-corrected chi connectivity index (χ1v) is 16.3. The van der Waals surface area contributed by atoms with Crippen LogP contribution >= 0.6 is 0 Å². The predicted molar refractivity (Wildman–Crippen MR) is 202 cm³/mol. The van der Waals surface area contributed by atoms with E-state index in [2.05, 4.69) is 181 Å². The third kappa shape index (κ3) is 5.01. The molecule has 0 spiro atoms. The van der Waals surface area contributed by atoms with Gasteiger partial charge in [0.05, 0.1) is 5.69 Å². The van der Waals surface area contributed by atoms with E-state index in [4.69, 9.17) is 4.42 Å². The fraction of sp³-hybridized carbons (Fsp3) is 0. The number of para-hydroxylation sites is 2. The van der Waals surface area contributed by atoms with E-state index in [1.807, 2.05) is 12.1 Å². The average molecular weight is 614 g/mol. The maximum absolute atomic E-state index is 6.29. The first kappa shape index (κ1) is 27.9. The van der Waals surface area contributed by atoms with Gasteiger partial charge in [-0.15, -0.1) is 0 Å². The van der Waals surface area contributed by atoms with Crippen LogP contribution in [0.15, 0.2) is 192 Å². The number of hydrogen-bond acceptors (Lipinski definition) is 2. The summed E-state index contributed by atoms with van der Waals surface area (Å²) in [7, 11) is 0. The Bertz CT molecular complexity index is 2530. The van der Waals surface area contributed by atoms with Crippen molar-refractivity contribution in [3.8, 4) is 33.4 Å². The smallest absolute Gasteiger partial charge is 0.136 e. The zero-order chi connectivity index (χ0) is 31.9. The summed E-state index contributed by atoms with van der Waals surface area (Å²) in [5, 5.41) is 4.60. The molecule has 0 aliphatic carbocycles. The molecular formula is C46H31NO.